The van der Waals surface area contributed by atoms with Crippen molar-refractivity contribution in [1.82, 2.24) is 9.62 Å². The average Bonchev–Trinajstić information content (AvgIpc) is 2.70. The fraction of sp³-hybridized carbons (Fsp3) is 0.250. The number of hydrogen-bond acceptors (Lipinski definition) is 6. The van der Waals surface area contributed by atoms with Crippen LogP contribution in [0.1, 0.15) is 33.2 Å². The van der Waals surface area contributed by atoms with Gasteiger partial charge in [0.1, 0.15) is 0 Å². The summed E-state index contributed by atoms with van der Waals surface area (Å²) in [6, 6.07) is 11.8. The summed E-state index contributed by atoms with van der Waals surface area (Å²) in [6.45, 7) is 1.07. The highest BCUT2D eigenvalue weighted by atomic mass is 32.2. The van der Waals surface area contributed by atoms with E-state index in [0.717, 1.165) is 0 Å². The molecule has 1 amide bonds. The molecule has 0 saturated carbocycles. The van der Waals surface area contributed by atoms with Gasteiger partial charge in [-0.15, -0.1) is 0 Å². The first-order chi connectivity index (χ1) is 13.6. The fourth-order valence-electron chi connectivity index (χ4n) is 2.23. The van der Waals surface area contributed by atoms with Crippen molar-refractivity contribution < 1.29 is 27.5 Å². The molecule has 154 valence electrons. The molecule has 2 rings (SSSR count). The lowest BCUT2D eigenvalue weighted by Crippen LogP contribution is -2.27. The van der Waals surface area contributed by atoms with Gasteiger partial charge in [0.2, 0.25) is 10.0 Å². The summed E-state index contributed by atoms with van der Waals surface area (Å²) >= 11 is 0. The molecule has 0 bridgehead atoms. The Balaban J connectivity index is 1.96. The van der Waals surface area contributed by atoms with Gasteiger partial charge in [0.05, 0.1) is 10.5 Å². The first-order valence-corrected chi connectivity index (χ1v) is 10.2. The molecular weight excluding hydrogens is 396 g/mol. The lowest BCUT2D eigenvalue weighted by Gasteiger charge is -2.11. The number of carbonyl (C=O) groups is 3. The minimum atomic E-state index is -3.75. The third-order valence-electron chi connectivity index (χ3n) is 4.05. The maximum Gasteiger partial charge on any atom is 0.338 e. The van der Waals surface area contributed by atoms with Crippen LogP contribution in [-0.2, 0) is 26.1 Å². The first kappa shape index (κ1) is 22.3. The molecule has 0 saturated heterocycles. The third-order valence-corrected chi connectivity index (χ3v) is 5.47. The van der Waals surface area contributed by atoms with Crippen molar-refractivity contribution in [2.45, 2.75) is 18.4 Å². The summed E-state index contributed by atoms with van der Waals surface area (Å²) in [4.78, 5) is 36.0. The molecular formula is C20H22N2O6S. The highest BCUT2D eigenvalue weighted by Gasteiger charge is 2.15. The Morgan fingerprint density at radius 2 is 1.48 bits per heavy atom. The van der Waals surface area contributed by atoms with Gasteiger partial charge in [-0.05, 0) is 36.8 Å². The molecule has 0 aliphatic heterocycles. The molecule has 9 heteroatoms. The first-order valence-electron chi connectivity index (χ1n) is 8.67. The number of benzene rings is 2. The van der Waals surface area contributed by atoms with Crippen LogP contribution in [0.4, 0.5) is 0 Å². The number of likely N-dealkylation sites (N-methyl/N-ethyl adjacent to an activating group) is 1. The lowest BCUT2D eigenvalue weighted by atomic mass is 10.1. The van der Waals surface area contributed by atoms with Gasteiger partial charge in [0.15, 0.2) is 12.4 Å². The van der Waals surface area contributed by atoms with E-state index in [1.54, 1.807) is 26.2 Å². The van der Waals surface area contributed by atoms with Crippen LogP contribution in [0.3, 0.4) is 0 Å². The molecule has 29 heavy (non-hydrogen) atoms. The van der Waals surface area contributed by atoms with Gasteiger partial charge in [-0.3, -0.25) is 9.59 Å². The molecule has 0 heterocycles. The Hall–Kier alpha value is -3.04. The van der Waals surface area contributed by atoms with E-state index in [2.05, 4.69) is 4.72 Å². The molecule has 2 aromatic rings. The molecule has 0 aromatic heterocycles. The zero-order valence-corrected chi connectivity index (χ0v) is 17.2. The molecule has 0 radical (unpaired) electrons. The van der Waals surface area contributed by atoms with E-state index in [4.69, 9.17) is 4.74 Å². The van der Waals surface area contributed by atoms with E-state index in [1.165, 1.54) is 48.2 Å². The monoisotopic (exact) mass is 418 g/mol. The summed E-state index contributed by atoms with van der Waals surface area (Å²) in [5.74, 6) is -1.12. The van der Waals surface area contributed by atoms with E-state index in [-0.39, 0.29) is 35.3 Å². The Bertz CT molecular complexity index is 996. The van der Waals surface area contributed by atoms with Gasteiger partial charge in [0, 0.05) is 26.2 Å². The zero-order chi connectivity index (χ0) is 21.6. The highest BCUT2D eigenvalue weighted by molar-refractivity contribution is 7.89. The predicted molar refractivity (Wildman–Crippen MR) is 106 cm³/mol. The largest absolute Gasteiger partial charge is 0.452 e. The van der Waals surface area contributed by atoms with Crippen molar-refractivity contribution in [3.8, 4) is 0 Å². The van der Waals surface area contributed by atoms with E-state index in [9.17, 15) is 22.8 Å². The maximum absolute atomic E-state index is 12.4. The third kappa shape index (κ3) is 6.23. The van der Waals surface area contributed by atoms with Crippen LogP contribution in [0.2, 0.25) is 0 Å². The number of hydrogen-bond donors (Lipinski definition) is 1. The molecule has 1 N–H and O–H groups in total. The molecule has 0 aliphatic carbocycles. The SMILES string of the molecule is CC(=O)c1ccc(S(=O)(=O)NCc2ccc(C(=O)OCC(=O)N(C)C)cc2)cc1. The maximum atomic E-state index is 12.4. The Kier molecular flexibility index (Phi) is 7.24. The number of carbonyl (C=O) groups excluding carboxylic acids is 3. The standard InChI is InChI=1S/C20H22N2O6S/c1-14(23)16-8-10-18(11-9-16)29(26,27)21-12-15-4-6-17(7-5-15)20(25)28-13-19(24)22(2)3/h4-11,21H,12-13H2,1-3H3. The van der Waals surface area contributed by atoms with E-state index >= 15 is 0 Å². The smallest absolute Gasteiger partial charge is 0.338 e. The van der Waals surface area contributed by atoms with Gasteiger partial charge in [-0.1, -0.05) is 24.3 Å². The number of rotatable bonds is 8. The Morgan fingerprint density at radius 3 is 2.00 bits per heavy atom. The van der Waals surface area contributed by atoms with Gasteiger partial charge in [-0.25, -0.2) is 17.9 Å². The average molecular weight is 418 g/mol. The van der Waals surface area contributed by atoms with Crippen molar-refractivity contribution in [2.75, 3.05) is 20.7 Å². The van der Waals surface area contributed by atoms with Crippen LogP contribution in [0, 0.1) is 0 Å². The second kappa shape index (κ2) is 9.44. The second-order valence-corrected chi connectivity index (χ2v) is 8.23. The van der Waals surface area contributed by atoms with Crippen LogP contribution < -0.4 is 4.72 Å². The fourth-order valence-corrected chi connectivity index (χ4v) is 3.25. The van der Waals surface area contributed by atoms with E-state index in [1.807, 2.05) is 0 Å². The van der Waals surface area contributed by atoms with Gasteiger partial charge >= 0.3 is 5.97 Å². The van der Waals surface area contributed by atoms with Gasteiger partial charge < -0.3 is 9.64 Å². The normalized spacial score (nSPS) is 11.0. The van der Waals surface area contributed by atoms with Crippen molar-refractivity contribution in [3.05, 3.63) is 65.2 Å². The number of Topliss-reactive ketones (excluding diaryl/α,β-unsaturated/α-hetero) is 1. The van der Waals surface area contributed by atoms with Crippen LogP contribution in [0.15, 0.2) is 53.4 Å². The molecule has 0 spiro atoms. The highest BCUT2D eigenvalue weighted by Crippen LogP contribution is 2.12. The minimum absolute atomic E-state index is 0.0191. The number of sulfonamides is 1. The molecule has 0 atom stereocenters. The minimum Gasteiger partial charge on any atom is -0.452 e. The molecule has 0 fully saturated rings. The zero-order valence-electron chi connectivity index (χ0n) is 16.3. The molecule has 0 aliphatic rings. The molecule has 8 nitrogen and oxygen atoms in total. The summed E-state index contributed by atoms with van der Waals surface area (Å²) < 4.78 is 32.1. The molecule has 2 aromatic carbocycles. The number of esters is 1. The number of amides is 1. The van der Waals surface area contributed by atoms with Crippen molar-refractivity contribution in [3.63, 3.8) is 0 Å². The second-order valence-electron chi connectivity index (χ2n) is 6.47. The Labute approximate surface area is 169 Å². The van der Waals surface area contributed by atoms with Crippen LogP contribution in [-0.4, -0.2) is 51.7 Å². The summed E-state index contributed by atoms with van der Waals surface area (Å²) in [7, 11) is -0.630. The van der Waals surface area contributed by atoms with Crippen LogP contribution in [0.25, 0.3) is 0 Å². The predicted octanol–water partition coefficient (Wildman–Crippen LogP) is 1.61. The number of nitrogens with zero attached hydrogens (tertiary/aromatic N) is 1. The number of nitrogens with one attached hydrogen (secondary N) is 1. The van der Waals surface area contributed by atoms with Crippen molar-refractivity contribution >= 4 is 27.7 Å². The van der Waals surface area contributed by atoms with E-state index < -0.39 is 16.0 Å². The number of ketones is 1. The quantitative estimate of drug-likeness (QED) is 0.515. The van der Waals surface area contributed by atoms with Crippen molar-refractivity contribution in [2.24, 2.45) is 0 Å². The topological polar surface area (TPSA) is 110 Å². The molecule has 0 unspecified atom stereocenters. The summed E-state index contributed by atoms with van der Waals surface area (Å²) in [6.07, 6.45) is 0. The van der Waals surface area contributed by atoms with Crippen LogP contribution >= 0.6 is 0 Å². The van der Waals surface area contributed by atoms with Gasteiger partial charge in [0.25, 0.3) is 5.91 Å². The van der Waals surface area contributed by atoms with Gasteiger partial charge in [-0.2, -0.15) is 0 Å². The summed E-state index contributed by atoms with van der Waals surface area (Å²) in [5, 5.41) is 0. The van der Waals surface area contributed by atoms with Crippen molar-refractivity contribution in [1.29, 1.82) is 0 Å². The lowest BCUT2D eigenvalue weighted by molar-refractivity contribution is -0.131. The Morgan fingerprint density at radius 1 is 0.931 bits per heavy atom. The summed E-state index contributed by atoms with van der Waals surface area (Å²) in [5.41, 5.74) is 1.32. The number of ether oxygens (including phenoxy) is 1. The van der Waals surface area contributed by atoms with E-state index in [0.29, 0.717) is 11.1 Å². The van der Waals surface area contributed by atoms with Crippen LogP contribution in [0.5, 0.6) is 0 Å².